The molecule has 0 saturated carbocycles. The molecule has 0 unspecified atom stereocenters. The molecule has 2 heterocycles. The van der Waals surface area contributed by atoms with Crippen molar-refractivity contribution in [2.75, 3.05) is 26.0 Å². The lowest BCUT2D eigenvalue weighted by Crippen LogP contribution is -2.45. The van der Waals surface area contributed by atoms with E-state index >= 15 is 0 Å². The second-order valence-corrected chi connectivity index (χ2v) is 10.1. The molecule has 0 spiro atoms. The molecule has 35 heavy (non-hydrogen) atoms. The van der Waals surface area contributed by atoms with Crippen LogP contribution in [0.15, 0.2) is 22.7 Å². The number of hydrogen-bond acceptors (Lipinski definition) is 7. The third-order valence-electron chi connectivity index (χ3n) is 6.12. The standard InChI is InChI=1S/C24H27Cl2N3O5S/c1-4-34-21-16(25)9-14(10-17(21)26)19-15(11-27)23(28-22(31)20(19)24(32)33-3)35-12-18(30)29-8-6-5-7-13(29)2/h9-10,13,19-20H,4-8,12H2,1-3H3,(H,28,31)/t13-,19+,20-/m0/s1. The number of methoxy groups -OCH3 is 1. The smallest absolute Gasteiger partial charge is 0.319 e. The summed E-state index contributed by atoms with van der Waals surface area (Å²) in [6, 6.07) is 5.31. The van der Waals surface area contributed by atoms with Crippen LogP contribution in [0.25, 0.3) is 0 Å². The van der Waals surface area contributed by atoms with Gasteiger partial charge in [0.2, 0.25) is 11.8 Å². The van der Waals surface area contributed by atoms with Gasteiger partial charge in [-0.3, -0.25) is 14.4 Å². The number of benzene rings is 1. The van der Waals surface area contributed by atoms with Gasteiger partial charge in [0.05, 0.1) is 46.2 Å². The summed E-state index contributed by atoms with van der Waals surface area (Å²) in [6.07, 6.45) is 2.98. The van der Waals surface area contributed by atoms with Crippen LogP contribution in [-0.4, -0.2) is 54.7 Å². The molecule has 2 amide bonds. The molecule has 0 radical (unpaired) electrons. The molecule has 1 N–H and O–H groups in total. The SMILES string of the molecule is CCOc1c(Cl)cc([C@@H]2C(C#N)=C(SCC(=O)N3CCCC[C@@H]3C)NC(=O)[C@H]2C(=O)OC)cc1Cl. The van der Waals surface area contributed by atoms with Gasteiger partial charge >= 0.3 is 5.97 Å². The van der Waals surface area contributed by atoms with Crippen LogP contribution in [0, 0.1) is 17.2 Å². The van der Waals surface area contributed by atoms with Crippen molar-refractivity contribution < 1.29 is 23.9 Å². The Bertz CT molecular complexity index is 1060. The van der Waals surface area contributed by atoms with Gasteiger partial charge in [-0.2, -0.15) is 5.26 Å². The Morgan fingerprint density at radius 3 is 2.54 bits per heavy atom. The molecule has 8 nitrogen and oxygen atoms in total. The fourth-order valence-corrected chi connectivity index (χ4v) is 5.95. The van der Waals surface area contributed by atoms with Crippen LogP contribution < -0.4 is 10.1 Å². The highest BCUT2D eigenvalue weighted by molar-refractivity contribution is 8.03. The van der Waals surface area contributed by atoms with Crippen LogP contribution in [0.3, 0.4) is 0 Å². The minimum atomic E-state index is -1.33. The molecule has 1 aromatic rings. The lowest BCUT2D eigenvalue weighted by molar-refractivity contribution is -0.150. The molecule has 11 heteroatoms. The number of rotatable bonds is 7. The zero-order valence-electron chi connectivity index (χ0n) is 19.7. The van der Waals surface area contributed by atoms with E-state index in [0.29, 0.717) is 18.7 Å². The van der Waals surface area contributed by atoms with E-state index in [1.165, 1.54) is 19.2 Å². The van der Waals surface area contributed by atoms with Crippen molar-refractivity contribution in [3.05, 3.63) is 38.3 Å². The summed E-state index contributed by atoms with van der Waals surface area (Å²) < 4.78 is 10.3. The zero-order valence-corrected chi connectivity index (χ0v) is 22.1. The Balaban J connectivity index is 2.00. The number of ether oxygens (including phenoxy) is 2. The van der Waals surface area contributed by atoms with E-state index in [-0.39, 0.29) is 44.1 Å². The highest BCUT2D eigenvalue weighted by Crippen LogP contribution is 2.44. The number of carbonyl (C=O) groups excluding carboxylic acids is 3. The van der Waals surface area contributed by atoms with Gasteiger partial charge in [0, 0.05) is 18.5 Å². The molecule has 1 fully saturated rings. The van der Waals surface area contributed by atoms with Crippen LogP contribution in [0.1, 0.15) is 44.6 Å². The quantitative estimate of drug-likeness (QED) is 0.407. The third-order valence-corrected chi connectivity index (χ3v) is 7.68. The molecule has 0 bridgehead atoms. The monoisotopic (exact) mass is 539 g/mol. The van der Waals surface area contributed by atoms with Crippen LogP contribution in [0.4, 0.5) is 0 Å². The van der Waals surface area contributed by atoms with E-state index in [1.807, 2.05) is 11.8 Å². The van der Waals surface area contributed by atoms with Gasteiger partial charge < -0.3 is 19.7 Å². The fourth-order valence-electron chi connectivity index (χ4n) is 4.41. The lowest BCUT2D eigenvalue weighted by Gasteiger charge is -2.34. The van der Waals surface area contributed by atoms with Gasteiger partial charge in [0.1, 0.15) is 5.92 Å². The minimum Gasteiger partial charge on any atom is -0.491 e. The summed E-state index contributed by atoms with van der Waals surface area (Å²) in [5, 5.41) is 13.3. The molecule has 0 aliphatic carbocycles. The van der Waals surface area contributed by atoms with Crippen molar-refractivity contribution in [1.82, 2.24) is 10.2 Å². The predicted molar refractivity (Wildman–Crippen MR) is 134 cm³/mol. The Labute approximate surface area is 218 Å². The maximum absolute atomic E-state index is 13.0. The van der Waals surface area contributed by atoms with Crippen molar-refractivity contribution in [3.8, 4) is 11.8 Å². The summed E-state index contributed by atoms with van der Waals surface area (Å²) in [7, 11) is 1.17. The van der Waals surface area contributed by atoms with Gasteiger partial charge in [0.15, 0.2) is 5.75 Å². The predicted octanol–water partition coefficient (Wildman–Crippen LogP) is 4.26. The van der Waals surface area contributed by atoms with E-state index in [1.54, 1.807) is 6.92 Å². The maximum atomic E-state index is 13.0. The van der Waals surface area contributed by atoms with E-state index in [9.17, 15) is 19.6 Å². The molecule has 2 aliphatic rings. The van der Waals surface area contributed by atoms with Gasteiger partial charge in [-0.05, 0) is 50.8 Å². The Morgan fingerprint density at radius 1 is 1.29 bits per heavy atom. The molecule has 2 aliphatic heterocycles. The number of hydrogen-bond donors (Lipinski definition) is 1. The van der Waals surface area contributed by atoms with Crippen molar-refractivity contribution >= 4 is 52.7 Å². The number of esters is 1. The molecule has 1 saturated heterocycles. The number of amides is 2. The van der Waals surface area contributed by atoms with Crippen LogP contribution in [-0.2, 0) is 19.1 Å². The first-order valence-corrected chi connectivity index (χ1v) is 13.0. The summed E-state index contributed by atoms with van der Waals surface area (Å²) >= 11 is 13.8. The molecule has 3 rings (SSSR count). The number of allylic oxidation sites excluding steroid dienone is 1. The second-order valence-electron chi connectivity index (χ2n) is 8.29. The molecular formula is C24H27Cl2N3O5S. The third kappa shape index (κ3) is 5.88. The number of nitriles is 1. The van der Waals surface area contributed by atoms with Crippen LogP contribution >= 0.6 is 35.0 Å². The van der Waals surface area contributed by atoms with Gasteiger partial charge in [-0.1, -0.05) is 35.0 Å². The molecule has 3 atom stereocenters. The summed E-state index contributed by atoms with van der Waals surface area (Å²) in [5.41, 5.74) is 0.514. The van der Waals surface area contributed by atoms with Crippen molar-refractivity contribution in [1.29, 1.82) is 5.26 Å². The summed E-state index contributed by atoms with van der Waals surface area (Å²) in [6.45, 7) is 4.82. The number of carbonyl (C=O) groups is 3. The van der Waals surface area contributed by atoms with Crippen molar-refractivity contribution in [2.24, 2.45) is 5.92 Å². The number of likely N-dealkylation sites (tertiary alicyclic amines) is 1. The maximum Gasteiger partial charge on any atom is 0.319 e. The minimum absolute atomic E-state index is 0.0472. The first-order chi connectivity index (χ1) is 16.7. The van der Waals surface area contributed by atoms with Crippen molar-refractivity contribution in [2.45, 2.75) is 45.1 Å². The largest absolute Gasteiger partial charge is 0.491 e. The van der Waals surface area contributed by atoms with Gasteiger partial charge in [0.25, 0.3) is 0 Å². The normalized spacial score (nSPS) is 22.3. The first-order valence-electron chi connectivity index (χ1n) is 11.3. The average molecular weight is 540 g/mol. The average Bonchev–Trinajstić information content (AvgIpc) is 2.83. The van der Waals surface area contributed by atoms with Gasteiger partial charge in [-0.15, -0.1) is 0 Å². The molecular weight excluding hydrogens is 513 g/mol. The van der Waals surface area contributed by atoms with E-state index in [4.69, 9.17) is 32.7 Å². The van der Waals surface area contributed by atoms with Crippen molar-refractivity contribution in [3.63, 3.8) is 0 Å². The van der Waals surface area contributed by atoms with E-state index < -0.39 is 23.7 Å². The lowest BCUT2D eigenvalue weighted by atomic mass is 9.78. The van der Waals surface area contributed by atoms with Gasteiger partial charge in [-0.25, -0.2) is 0 Å². The molecule has 0 aromatic heterocycles. The second kappa shape index (κ2) is 12.0. The first kappa shape index (κ1) is 27.2. The number of thioether (sulfide) groups is 1. The molecule has 1 aromatic carbocycles. The Hall–Kier alpha value is -2.41. The Kier molecular flexibility index (Phi) is 9.34. The topological polar surface area (TPSA) is 109 Å². The van der Waals surface area contributed by atoms with E-state index in [2.05, 4.69) is 11.4 Å². The van der Waals surface area contributed by atoms with Crippen LogP contribution in [0.5, 0.6) is 5.75 Å². The number of nitrogens with one attached hydrogen (secondary N) is 1. The highest BCUT2D eigenvalue weighted by Gasteiger charge is 2.45. The molecule has 188 valence electrons. The number of halogens is 2. The van der Waals surface area contributed by atoms with E-state index in [0.717, 1.165) is 31.0 Å². The zero-order chi connectivity index (χ0) is 25.7. The summed E-state index contributed by atoms with van der Waals surface area (Å²) in [5.74, 6) is -3.52. The Morgan fingerprint density at radius 2 is 1.97 bits per heavy atom. The number of piperidine rings is 1. The summed E-state index contributed by atoms with van der Waals surface area (Å²) in [4.78, 5) is 40.3. The fraction of sp³-hybridized carbons (Fsp3) is 0.500. The number of nitrogens with zero attached hydrogens (tertiary/aromatic N) is 2. The highest BCUT2D eigenvalue weighted by atomic mass is 35.5. The van der Waals surface area contributed by atoms with Crippen LogP contribution in [0.2, 0.25) is 10.0 Å².